The number of phenols is 1. The van der Waals surface area contributed by atoms with Gasteiger partial charge in [0.2, 0.25) is 0 Å². The van der Waals surface area contributed by atoms with Crippen molar-refractivity contribution in [3.63, 3.8) is 0 Å². The fourth-order valence-corrected chi connectivity index (χ4v) is 1.99. The fourth-order valence-electron chi connectivity index (χ4n) is 1.74. The number of carbonyl (C=O) groups excluding carboxylic acids is 2. The molecule has 6 heteroatoms. The van der Waals surface area contributed by atoms with E-state index in [9.17, 15) is 9.59 Å². The largest absolute Gasteiger partial charge is 0.508 e. The molecule has 0 aliphatic heterocycles. The monoisotopic (exact) mass is 320 g/mol. The number of ketones is 1. The first-order chi connectivity index (χ1) is 10.5. The Hall–Kier alpha value is -2.53. The van der Waals surface area contributed by atoms with Crippen molar-refractivity contribution >= 4 is 23.4 Å². The number of carbonyl (C=O) groups is 2. The van der Waals surface area contributed by atoms with Gasteiger partial charge in [-0.2, -0.15) is 0 Å². The molecule has 0 aliphatic carbocycles. The maximum Gasteiger partial charge on any atom is 0.338 e. The van der Waals surface area contributed by atoms with Gasteiger partial charge < -0.3 is 14.6 Å². The molecule has 0 heterocycles. The number of Topliss-reactive ketones (excluding diaryl/α,β-unsaturated/α-hetero) is 1. The highest BCUT2D eigenvalue weighted by Gasteiger charge is 2.13. The molecule has 2 aromatic rings. The highest BCUT2D eigenvalue weighted by molar-refractivity contribution is 6.32. The molecule has 0 bridgehead atoms. The molecule has 0 radical (unpaired) electrons. The van der Waals surface area contributed by atoms with Gasteiger partial charge in [0.1, 0.15) is 11.5 Å². The van der Waals surface area contributed by atoms with Crippen LogP contribution in [0.4, 0.5) is 0 Å². The molecule has 2 rings (SSSR count). The van der Waals surface area contributed by atoms with Gasteiger partial charge in [0.15, 0.2) is 12.4 Å². The lowest BCUT2D eigenvalue weighted by Gasteiger charge is -2.07. The second-order valence-electron chi connectivity index (χ2n) is 4.40. The van der Waals surface area contributed by atoms with Crippen LogP contribution in [0, 0.1) is 0 Å². The van der Waals surface area contributed by atoms with Crippen LogP contribution >= 0.6 is 11.6 Å². The van der Waals surface area contributed by atoms with E-state index >= 15 is 0 Å². The number of benzene rings is 2. The lowest BCUT2D eigenvalue weighted by atomic mass is 10.1. The molecule has 0 aliphatic rings. The Labute approximate surface area is 132 Å². The van der Waals surface area contributed by atoms with Crippen LogP contribution in [0.1, 0.15) is 20.7 Å². The highest BCUT2D eigenvalue weighted by atomic mass is 35.5. The smallest absolute Gasteiger partial charge is 0.338 e. The Bertz CT molecular complexity index is 694. The van der Waals surface area contributed by atoms with Gasteiger partial charge in [-0.25, -0.2) is 4.79 Å². The summed E-state index contributed by atoms with van der Waals surface area (Å²) in [5.41, 5.74) is 0.572. The maximum atomic E-state index is 12.0. The molecule has 0 spiro atoms. The van der Waals surface area contributed by atoms with E-state index in [1.807, 2.05) is 0 Å². The minimum absolute atomic E-state index is 0.0421. The van der Waals surface area contributed by atoms with Crippen molar-refractivity contribution < 1.29 is 24.2 Å². The Morgan fingerprint density at radius 3 is 2.32 bits per heavy atom. The molecule has 114 valence electrons. The van der Waals surface area contributed by atoms with Crippen LogP contribution in [-0.4, -0.2) is 30.6 Å². The Balaban J connectivity index is 1.99. The van der Waals surface area contributed by atoms with Gasteiger partial charge in [-0.1, -0.05) is 11.6 Å². The Kier molecular flexibility index (Phi) is 5.01. The molecule has 5 nitrogen and oxygen atoms in total. The number of hydrogen-bond acceptors (Lipinski definition) is 5. The summed E-state index contributed by atoms with van der Waals surface area (Å²) in [4.78, 5) is 23.7. The molecule has 0 fully saturated rings. The number of hydrogen-bond donors (Lipinski definition) is 1. The predicted octanol–water partition coefficient (Wildman–Crippen LogP) is 3.09. The van der Waals surface area contributed by atoms with Crippen molar-refractivity contribution in [3.8, 4) is 11.5 Å². The molecule has 0 aromatic heterocycles. The average Bonchev–Trinajstić information content (AvgIpc) is 2.52. The van der Waals surface area contributed by atoms with Crippen LogP contribution in [0.5, 0.6) is 11.5 Å². The number of aromatic hydroxyl groups is 1. The minimum Gasteiger partial charge on any atom is -0.508 e. The zero-order chi connectivity index (χ0) is 16.1. The minimum atomic E-state index is -0.645. The Morgan fingerprint density at radius 2 is 1.73 bits per heavy atom. The molecule has 0 saturated heterocycles. The van der Waals surface area contributed by atoms with Crippen LogP contribution in [0.15, 0.2) is 42.5 Å². The van der Waals surface area contributed by atoms with Crippen LogP contribution in [0.25, 0.3) is 0 Å². The van der Waals surface area contributed by atoms with Crippen LogP contribution < -0.4 is 4.74 Å². The van der Waals surface area contributed by atoms with Gasteiger partial charge in [0, 0.05) is 5.56 Å². The molecular weight excluding hydrogens is 308 g/mol. The second-order valence-corrected chi connectivity index (χ2v) is 4.80. The van der Waals surface area contributed by atoms with Crippen molar-refractivity contribution in [3.05, 3.63) is 58.6 Å². The van der Waals surface area contributed by atoms with Gasteiger partial charge in [-0.3, -0.25) is 4.79 Å². The van der Waals surface area contributed by atoms with Crippen molar-refractivity contribution in [2.45, 2.75) is 0 Å². The first-order valence-electron chi connectivity index (χ1n) is 6.34. The molecular formula is C16H13ClO5. The summed E-state index contributed by atoms with van der Waals surface area (Å²) in [6, 6.07) is 10.1. The topological polar surface area (TPSA) is 72.8 Å². The number of methoxy groups -OCH3 is 1. The lowest BCUT2D eigenvalue weighted by Crippen LogP contribution is -2.14. The van der Waals surface area contributed by atoms with E-state index < -0.39 is 12.6 Å². The Morgan fingerprint density at radius 1 is 1.09 bits per heavy atom. The van der Waals surface area contributed by atoms with Crippen molar-refractivity contribution in [2.24, 2.45) is 0 Å². The SMILES string of the molecule is COc1ccc(C(=O)COC(=O)c2ccc(O)cc2)cc1Cl. The molecule has 22 heavy (non-hydrogen) atoms. The third-order valence-corrected chi connectivity index (χ3v) is 3.21. The third-order valence-electron chi connectivity index (χ3n) is 2.91. The standard InChI is InChI=1S/C16H13ClO5/c1-21-15-7-4-11(8-13(15)17)14(19)9-22-16(20)10-2-5-12(18)6-3-10/h2-8,18H,9H2,1H3. The van der Waals surface area contributed by atoms with Crippen LogP contribution in [0.3, 0.4) is 0 Å². The second kappa shape index (κ2) is 6.95. The molecule has 0 atom stereocenters. The first-order valence-corrected chi connectivity index (χ1v) is 6.72. The van der Waals surface area contributed by atoms with Crippen molar-refractivity contribution in [1.82, 2.24) is 0 Å². The summed E-state index contributed by atoms with van der Waals surface area (Å²) in [5.74, 6) is -0.524. The third kappa shape index (κ3) is 3.77. The van der Waals surface area contributed by atoms with Gasteiger partial charge >= 0.3 is 5.97 Å². The van der Waals surface area contributed by atoms with E-state index in [2.05, 4.69) is 0 Å². The zero-order valence-electron chi connectivity index (χ0n) is 11.7. The number of phenolic OH excluding ortho intramolecular Hbond substituents is 1. The van der Waals surface area contributed by atoms with Crippen LogP contribution in [0.2, 0.25) is 5.02 Å². The predicted molar refractivity (Wildman–Crippen MR) is 80.7 cm³/mol. The van der Waals surface area contributed by atoms with E-state index in [0.717, 1.165) is 0 Å². The number of esters is 1. The van der Waals surface area contributed by atoms with E-state index in [4.69, 9.17) is 26.2 Å². The quantitative estimate of drug-likeness (QED) is 0.677. The normalized spacial score (nSPS) is 10.1. The summed E-state index contributed by atoms with van der Waals surface area (Å²) in [6.45, 7) is -0.400. The van der Waals surface area contributed by atoms with Gasteiger partial charge in [-0.15, -0.1) is 0 Å². The van der Waals surface area contributed by atoms with Gasteiger partial charge in [0.05, 0.1) is 17.7 Å². The molecule has 2 aromatic carbocycles. The van der Waals surface area contributed by atoms with E-state index in [1.54, 1.807) is 12.1 Å². The number of halogens is 1. The van der Waals surface area contributed by atoms with Crippen molar-refractivity contribution in [1.29, 1.82) is 0 Å². The lowest BCUT2D eigenvalue weighted by molar-refractivity contribution is 0.0474. The fraction of sp³-hybridized carbons (Fsp3) is 0.125. The summed E-state index contributed by atoms with van der Waals surface area (Å²) in [5, 5.41) is 9.45. The first kappa shape index (κ1) is 15.9. The van der Waals surface area contributed by atoms with E-state index in [1.165, 1.54) is 37.4 Å². The highest BCUT2D eigenvalue weighted by Crippen LogP contribution is 2.25. The molecule has 0 saturated carbocycles. The summed E-state index contributed by atoms with van der Waals surface area (Å²) in [7, 11) is 1.47. The number of rotatable bonds is 5. The summed E-state index contributed by atoms with van der Waals surface area (Å²) >= 11 is 5.94. The number of ether oxygens (including phenoxy) is 2. The molecule has 0 unspecified atom stereocenters. The zero-order valence-corrected chi connectivity index (χ0v) is 12.5. The average molecular weight is 321 g/mol. The van der Waals surface area contributed by atoms with E-state index in [0.29, 0.717) is 16.3 Å². The summed E-state index contributed by atoms with van der Waals surface area (Å²) < 4.78 is 9.93. The van der Waals surface area contributed by atoms with Gasteiger partial charge in [-0.05, 0) is 42.5 Å². The summed E-state index contributed by atoms with van der Waals surface area (Å²) in [6.07, 6.45) is 0. The molecule has 0 amide bonds. The van der Waals surface area contributed by atoms with Crippen molar-refractivity contribution in [2.75, 3.05) is 13.7 Å². The van der Waals surface area contributed by atoms with Crippen LogP contribution in [-0.2, 0) is 4.74 Å². The van der Waals surface area contributed by atoms with E-state index in [-0.39, 0.29) is 17.1 Å². The molecule has 1 N–H and O–H groups in total. The maximum absolute atomic E-state index is 12.0. The van der Waals surface area contributed by atoms with Gasteiger partial charge in [0.25, 0.3) is 0 Å².